The molecule has 158 valence electrons. The Morgan fingerprint density at radius 1 is 1.06 bits per heavy atom. The van der Waals surface area contributed by atoms with Gasteiger partial charge in [-0.2, -0.15) is 0 Å². The minimum absolute atomic E-state index is 0.0953. The summed E-state index contributed by atoms with van der Waals surface area (Å²) in [5.41, 5.74) is -0.145. The summed E-state index contributed by atoms with van der Waals surface area (Å²) in [6.45, 7) is 1.80. The van der Waals surface area contributed by atoms with Gasteiger partial charge in [-0.15, -0.1) is 0 Å². The molecule has 2 heterocycles. The highest BCUT2D eigenvalue weighted by Gasteiger charge is 2.61. The van der Waals surface area contributed by atoms with Gasteiger partial charge < -0.3 is 18.6 Å². The van der Waals surface area contributed by atoms with Crippen LogP contribution in [0.3, 0.4) is 0 Å². The number of Topliss-reactive ketones (excluding diaryl/α,β-unsaturated/α-hetero) is 2. The van der Waals surface area contributed by atoms with Gasteiger partial charge in [0.25, 0.3) is 0 Å². The van der Waals surface area contributed by atoms with Crippen molar-refractivity contribution in [2.24, 2.45) is 5.92 Å². The lowest BCUT2D eigenvalue weighted by molar-refractivity contribution is 0.00956. The molecule has 0 fully saturated rings. The van der Waals surface area contributed by atoms with E-state index >= 15 is 0 Å². The summed E-state index contributed by atoms with van der Waals surface area (Å²) < 4.78 is 23.2. The van der Waals surface area contributed by atoms with Gasteiger partial charge in [-0.3, -0.25) is 9.59 Å². The first-order valence-corrected chi connectivity index (χ1v) is 10.2. The predicted octanol–water partition coefficient (Wildman–Crippen LogP) is 5.31. The number of hydrogen-bond donors (Lipinski definition) is 0. The van der Waals surface area contributed by atoms with Crippen LogP contribution in [0.5, 0.6) is 17.2 Å². The fraction of sp³-hybridized carbons (Fsp3) is 0.250. The summed E-state index contributed by atoms with van der Waals surface area (Å²) in [4.78, 5) is 26.7. The molecule has 2 atom stereocenters. The van der Waals surface area contributed by atoms with E-state index in [1.54, 1.807) is 19.1 Å². The number of furan rings is 1. The van der Waals surface area contributed by atoms with Gasteiger partial charge in [0.05, 0.1) is 19.8 Å². The highest BCUT2D eigenvalue weighted by Crippen LogP contribution is 2.57. The fourth-order valence-corrected chi connectivity index (χ4v) is 4.71. The van der Waals surface area contributed by atoms with Crippen molar-refractivity contribution in [1.29, 1.82) is 0 Å². The number of carbonyl (C=O) groups is 2. The van der Waals surface area contributed by atoms with Crippen molar-refractivity contribution in [3.05, 3.63) is 64.4 Å². The van der Waals surface area contributed by atoms with Crippen LogP contribution in [0, 0.1) is 5.92 Å². The summed E-state index contributed by atoms with van der Waals surface area (Å²) in [7, 11) is 2.93. The van der Waals surface area contributed by atoms with Crippen LogP contribution in [0.25, 0.3) is 11.3 Å². The van der Waals surface area contributed by atoms with Crippen LogP contribution < -0.4 is 14.2 Å². The van der Waals surface area contributed by atoms with E-state index in [4.69, 9.17) is 30.2 Å². The van der Waals surface area contributed by atoms with Crippen molar-refractivity contribution in [2.45, 2.75) is 18.9 Å². The molecular weight excluding hydrogens is 420 g/mol. The lowest BCUT2D eigenvalue weighted by atomic mass is 9.73. The first-order chi connectivity index (χ1) is 14.9. The standard InChI is InChI=1S/C24H19ClO6/c1-12-9-15(26)14-10-16(13-7-5-4-6-8-13)30-23(14)24(12)22(27)19-17(28-2)11-18(29-3)20(25)21(19)31-24/h4-8,10-12H,9H2,1-3H3/t12-,24-/m1/s1. The van der Waals surface area contributed by atoms with E-state index in [1.807, 2.05) is 30.3 Å². The molecular formula is C24H19ClO6. The number of halogens is 1. The second-order valence-electron chi connectivity index (χ2n) is 7.71. The van der Waals surface area contributed by atoms with Gasteiger partial charge in [0.15, 0.2) is 17.3 Å². The quantitative estimate of drug-likeness (QED) is 0.551. The molecule has 31 heavy (non-hydrogen) atoms. The Morgan fingerprint density at radius 3 is 2.45 bits per heavy atom. The monoisotopic (exact) mass is 438 g/mol. The van der Waals surface area contributed by atoms with E-state index < -0.39 is 11.5 Å². The van der Waals surface area contributed by atoms with Crippen LogP contribution in [0.15, 0.2) is 46.9 Å². The van der Waals surface area contributed by atoms with E-state index in [1.165, 1.54) is 14.2 Å². The highest BCUT2D eigenvalue weighted by molar-refractivity contribution is 6.35. The lowest BCUT2D eigenvalue weighted by Crippen LogP contribution is -2.47. The molecule has 0 bridgehead atoms. The summed E-state index contributed by atoms with van der Waals surface area (Å²) in [6.07, 6.45) is 0.136. The van der Waals surface area contributed by atoms with Gasteiger partial charge in [-0.1, -0.05) is 48.9 Å². The van der Waals surface area contributed by atoms with Crippen molar-refractivity contribution < 1.29 is 28.2 Å². The SMILES string of the molecule is COc1cc(OC)c2c(c1Cl)O[C@]1(C2=O)c2oc(-c3ccccc3)cc2C(=O)C[C@H]1C. The molecule has 0 saturated carbocycles. The molecule has 0 saturated heterocycles. The molecule has 0 amide bonds. The first kappa shape index (κ1) is 19.7. The fourth-order valence-electron chi connectivity index (χ4n) is 4.45. The van der Waals surface area contributed by atoms with Crippen molar-refractivity contribution in [3.63, 3.8) is 0 Å². The first-order valence-electron chi connectivity index (χ1n) is 9.83. The zero-order chi connectivity index (χ0) is 21.9. The third-order valence-electron chi connectivity index (χ3n) is 6.03. The van der Waals surface area contributed by atoms with Crippen molar-refractivity contribution in [3.8, 4) is 28.6 Å². The van der Waals surface area contributed by atoms with Crippen LogP contribution in [0.2, 0.25) is 5.02 Å². The number of carbonyl (C=O) groups excluding carboxylic acids is 2. The molecule has 2 aromatic carbocycles. The number of ketones is 2. The van der Waals surface area contributed by atoms with Crippen LogP contribution in [-0.2, 0) is 5.60 Å². The summed E-state index contributed by atoms with van der Waals surface area (Å²) in [6, 6.07) is 12.6. The van der Waals surface area contributed by atoms with E-state index in [-0.39, 0.29) is 40.1 Å². The zero-order valence-electron chi connectivity index (χ0n) is 17.2. The van der Waals surface area contributed by atoms with Gasteiger partial charge in [-0.05, 0) is 6.07 Å². The molecule has 2 aliphatic rings. The molecule has 3 aromatic rings. The van der Waals surface area contributed by atoms with Gasteiger partial charge in [0.1, 0.15) is 27.8 Å². The number of ether oxygens (including phenoxy) is 3. The Morgan fingerprint density at radius 2 is 1.77 bits per heavy atom. The van der Waals surface area contributed by atoms with Gasteiger partial charge >= 0.3 is 0 Å². The average molecular weight is 439 g/mol. The molecule has 1 aromatic heterocycles. The summed E-state index contributed by atoms with van der Waals surface area (Å²) >= 11 is 6.50. The maximum absolute atomic E-state index is 13.9. The molecule has 0 unspecified atom stereocenters. The second kappa shape index (κ2) is 6.89. The number of methoxy groups -OCH3 is 2. The van der Waals surface area contributed by atoms with Gasteiger partial charge in [-0.25, -0.2) is 0 Å². The zero-order valence-corrected chi connectivity index (χ0v) is 17.9. The van der Waals surface area contributed by atoms with E-state index in [2.05, 4.69) is 0 Å². The van der Waals surface area contributed by atoms with Crippen molar-refractivity contribution in [1.82, 2.24) is 0 Å². The van der Waals surface area contributed by atoms with E-state index in [9.17, 15) is 9.59 Å². The average Bonchev–Trinajstić information content (AvgIpc) is 3.36. The highest BCUT2D eigenvalue weighted by atomic mass is 35.5. The van der Waals surface area contributed by atoms with Crippen molar-refractivity contribution >= 4 is 23.2 Å². The number of benzene rings is 2. The number of fused-ring (bicyclic) bond motifs is 3. The molecule has 1 spiro atoms. The molecule has 7 heteroatoms. The Hall–Kier alpha value is -3.25. The Labute approximate surface area is 183 Å². The third-order valence-corrected chi connectivity index (χ3v) is 6.39. The van der Waals surface area contributed by atoms with Crippen molar-refractivity contribution in [2.75, 3.05) is 14.2 Å². The minimum atomic E-state index is -1.51. The molecule has 0 radical (unpaired) electrons. The summed E-state index contributed by atoms with van der Waals surface area (Å²) in [5, 5.41) is 0.170. The van der Waals surface area contributed by atoms with Gasteiger partial charge in [0, 0.05) is 24.0 Å². The molecule has 0 N–H and O–H groups in total. The summed E-state index contributed by atoms with van der Waals surface area (Å²) in [5.74, 6) is 0.566. The van der Waals surface area contributed by atoms with Crippen LogP contribution in [-0.4, -0.2) is 25.8 Å². The van der Waals surface area contributed by atoms with Crippen LogP contribution in [0.4, 0.5) is 0 Å². The molecule has 1 aliphatic heterocycles. The van der Waals surface area contributed by atoms with Crippen LogP contribution in [0.1, 0.15) is 39.8 Å². The van der Waals surface area contributed by atoms with Gasteiger partial charge in [0.2, 0.25) is 11.4 Å². The molecule has 5 rings (SSSR count). The maximum Gasteiger partial charge on any atom is 0.232 e. The van der Waals surface area contributed by atoms with Crippen LogP contribution >= 0.6 is 11.6 Å². The predicted molar refractivity (Wildman–Crippen MR) is 113 cm³/mol. The largest absolute Gasteiger partial charge is 0.496 e. The second-order valence-corrected chi connectivity index (χ2v) is 8.09. The Kier molecular flexibility index (Phi) is 4.38. The Balaban J connectivity index is 1.74. The minimum Gasteiger partial charge on any atom is -0.496 e. The smallest absolute Gasteiger partial charge is 0.232 e. The maximum atomic E-state index is 13.9. The normalized spacial score (nSPS) is 21.6. The third kappa shape index (κ3) is 2.58. The number of hydrogen-bond acceptors (Lipinski definition) is 6. The molecule has 1 aliphatic carbocycles. The molecule has 6 nitrogen and oxygen atoms in total. The topological polar surface area (TPSA) is 75.0 Å². The van der Waals surface area contributed by atoms with E-state index in [0.717, 1.165) is 5.56 Å². The number of rotatable bonds is 3. The van der Waals surface area contributed by atoms with E-state index in [0.29, 0.717) is 22.8 Å². The Bertz CT molecular complexity index is 1230. The lowest BCUT2D eigenvalue weighted by Gasteiger charge is -2.35.